The van der Waals surface area contributed by atoms with Crippen LogP contribution in [0.4, 0.5) is 0 Å². The molecule has 0 fully saturated rings. The third-order valence-corrected chi connectivity index (χ3v) is 3.92. The molecule has 0 spiro atoms. The number of benzene rings is 1. The van der Waals surface area contributed by atoms with E-state index in [9.17, 15) is 0 Å². The molecule has 1 aromatic carbocycles. The Bertz CT molecular complexity index is 360. The van der Waals surface area contributed by atoms with Crippen LogP contribution in [0.2, 0.25) is 0 Å². The van der Waals surface area contributed by atoms with Crippen molar-refractivity contribution >= 4 is 15.9 Å². The Labute approximate surface area is 115 Å². The lowest BCUT2D eigenvalue weighted by atomic mass is 9.82. The molecular formula is C16H25Br. The minimum absolute atomic E-state index is 0.245. The normalized spacial score (nSPS) is 13.8. The van der Waals surface area contributed by atoms with Crippen LogP contribution in [0.3, 0.4) is 0 Å². The molecule has 0 aromatic heterocycles. The highest BCUT2D eigenvalue weighted by Crippen LogP contribution is 2.30. The van der Waals surface area contributed by atoms with Crippen molar-refractivity contribution in [3.8, 4) is 0 Å². The van der Waals surface area contributed by atoms with E-state index in [1.807, 2.05) is 0 Å². The number of hydrogen-bond donors (Lipinski definition) is 0. The highest BCUT2D eigenvalue weighted by atomic mass is 79.9. The molecule has 1 heteroatoms. The van der Waals surface area contributed by atoms with Crippen LogP contribution >= 0.6 is 15.9 Å². The van der Waals surface area contributed by atoms with Crippen LogP contribution in [-0.4, -0.2) is 5.33 Å². The van der Waals surface area contributed by atoms with Crippen molar-refractivity contribution in [1.29, 1.82) is 0 Å². The van der Waals surface area contributed by atoms with Gasteiger partial charge in [0.25, 0.3) is 0 Å². The molecule has 96 valence electrons. The number of rotatable bonds is 4. The van der Waals surface area contributed by atoms with E-state index in [0.717, 1.165) is 11.8 Å². The number of aryl methyl sites for hydroxylation is 1. The second-order valence-electron chi connectivity index (χ2n) is 5.90. The van der Waals surface area contributed by atoms with E-state index in [1.165, 1.54) is 17.5 Å². The number of hydrogen-bond acceptors (Lipinski definition) is 0. The topological polar surface area (TPSA) is 0 Å². The zero-order valence-corrected chi connectivity index (χ0v) is 13.4. The maximum absolute atomic E-state index is 3.55. The van der Waals surface area contributed by atoms with Crippen LogP contribution in [0, 0.1) is 0 Å². The van der Waals surface area contributed by atoms with Crippen LogP contribution in [-0.2, 0) is 11.8 Å². The summed E-state index contributed by atoms with van der Waals surface area (Å²) in [7, 11) is 0. The van der Waals surface area contributed by atoms with Gasteiger partial charge in [0, 0.05) is 5.33 Å². The van der Waals surface area contributed by atoms with Crippen LogP contribution < -0.4 is 0 Å². The molecule has 0 N–H and O–H groups in total. The summed E-state index contributed by atoms with van der Waals surface area (Å²) in [6.45, 7) is 11.4. The molecule has 0 radical (unpaired) electrons. The summed E-state index contributed by atoms with van der Waals surface area (Å²) in [6, 6.07) is 7.04. The minimum Gasteiger partial charge on any atom is -0.0928 e. The molecular weight excluding hydrogens is 272 g/mol. The van der Waals surface area contributed by atoms with Crippen LogP contribution in [0.15, 0.2) is 18.2 Å². The Morgan fingerprint density at radius 2 is 1.88 bits per heavy atom. The van der Waals surface area contributed by atoms with Gasteiger partial charge < -0.3 is 0 Å². The third kappa shape index (κ3) is 3.84. The van der Waals surface area contributed by atoms with Gasteiger partial charge in [-0.05, 0) is 40.9 Å². The molecule has 0 saturated heterocycles. The van der Waals surface area contributed by atoms with Crippen molar-refractivity contribution < 1.29 is 0 Å². The van der Waals surface area contributed by atoms with E-state index in [-0.39, 0.29) is 5.41 Å². The fourth-order valence-electron chi connectivity index (χ4n) is 2.16. The zero-order chi connectivity index (χ0) is 13.1. The van der Waals surface area contributed by atoms with Gasteiger partial charge >= 0.3 is 0 Å². The van der Waals surface area contributed by atoms with Gasteiger partial charge in [-0.3, -0.25) is 0 Å². The van der Waals surface area contributed by atoms with E-state index in [4.69, 9.17) is 0 Å². The molecule has 17 heavy (non-hydrogen) atoms. The van der Waals surface area contributed by atoms with Crippen molar-refractivity contribution in [2.24, 2.45) is 0 Å². The number of halogens is 1. The Hall–Kier alpha value is -0.300. The largest absolute Gasteiger partial charge is 0.0928 e. The average molecular weight is 297 g/mol. The first-order chi connectivity index (χ1) is 7.90. The highest BCUT2D eigenvalue weighted by Gasteiger charge is 2.17. The summed E-state index contributed by atoms with van der Waals surface area (Å²) in [6.07, 6.45) is 2.34. The molecule has 0 bridgehead atoms. The summed E-state index contributed by atoms with van der Waals surface area (Å²) in [5, 5.41) is 1.08. The zero-order valence-electron chi connectivity index (χ0n) is 11.8. The summed E-state index contributed by atoms with van der Waals surface area (Å²) in [5.41, 5.74) is 4.74. The first-order valence-electron chi connectivity index (χ1n) is 6.59. The second-order valence-corrected chi connectivity index (χ2v) is 6.69. The highest BCUT2D eigenvalue weighted by molar-refractivity contribution is 9.09. The maximum atomic E-state index is 3.55. The molecule has 1 unspecified atom stereocenters. The van der Waals surface area contributed by atoms with Crippen LogP contribution in [0.5, 0.6) is 0 Å². The fraction of sp³-hybridized carbons (Fsp3) is 0.625. The molecule has 0 aliphatic rings. The maximum Gasteiger partial charge on any atom is 0.00370 e. The van der Waals surface area contributed by atoms with E-state index in [1.54, 1.807) is 5.56 Å². The molecule has 0 heterocycles. The Kier molecular flexibility index (Phi) is 5.24. The Morgan fingerprint density at radius 1 is 1.24 bits per heavy atom. The van der Waals surface area contributed by atoms with Gasteiger partial charge in [0.15, 0.2) is 0 Å². The minimum atomic E-state index is 0.245. The van der Waals surface area contributed by atoms with E-state index >= 15 is 0 Å². The monoisotopic (exact) mass is 296 g/mol. The van der Waals surface area contributed by atoms with Gasteiger partial charge in [-0.2, -0.15) is 0 Å². The summed E-state index contributed by atoms with van der Waals surface area (Å²) in [5.74, 6) is 0.645. The predicted octanol–water partition coefficient (Wildman–Crippen LogP) is 5.44. The van der Waals surface area contributed by atoms with Crippen molar-refractivity contribution in [3.63, 3.8) is 0 Å². The number of alkyl halides is 1. The molecule has 0 nitrogen and oxygen atoms in total. The van der Waals surface area contributed by atoms with Crippen molar-refractivity contribution in [2.45, 2.75) is 58.8 Å². The summed E-state index contributed by atoms with van der Waals surface area (Å²) < 4.78 is 0. The van der Waals surface area contributed by atoms with Gasteiger partial charge in [0.2, 0.25) is 0 Å². The van der Waals surface area contributed by atoms with E-state index in [2.05, 4.69) is 68.7 Å². The quantitative estimate of drug-likeness (QED) is 0.650. The SMILES string of the molecule is CCc1ccc(C(C)(C)C)cc1C(C)CCBr. The summed E-state index contributed by atoms with van der Waals surface area (Å²) >= 11 is 3.55. The predicted molar refractivity (Wildman–Crippen MR) is 81.3 cm³/mol. The Morgan fingerprint density at radius 3 is 2.35 bits per heavy atom. The standard InChI is InChI=1S/C16H25Br/c1-6-13-7-8-14(16(3,4)5)11-15(13)12(2)9-10-17/h7-8,11-12H,6,9-10H2,1-5H3. The van der Waals surface area contributed by atoms with Gasteiger partial charge in [-0.25, -0.2) is 0 Å². The molecule has 0 amide bonds. The van der Waals surface area contributed by atoms with Gasteiger partial charge in [-0.15, -0.1) is 0 Å². The molecule has 0 aliphatic carbocycles. The molecule has 1 atom stereocenters. The molecule has 1 aromatic rings. The molecule has 0 aliphatic heterocycles. The summed E-state index contributed by atoms with van der Waals surface area (Å²) in [4.78, 5) is 0. The van der Waals surface area contributed by atoms with Gasteiger partial charge in [0.05, 0.1) is 0 Å². The molecule has 0 saturated carbocycles. The average Bonchev–Trinajstić information content (AvgIpc) is 2.27. The smallest absolute Gasteiger partial charge is 0.00370 e. The van der Waals surface area contributed by atoms with E-state index in [0.29, 0.717) is 5.92 Å². The lowest BCUT2D eigenvalue weighted by Crippen LogP contribution is -2.12. The Balaban J connectivity index is 3.15. The van der Waals surface area contributed by atoms with Crippen LogP contribution in [0.1, 0.15) is 63.6 Å². The second kappa shape index (κ2) is 6.04. The van der Waals surface area contributed by atoms with Gasteiger partial charge in [-0.1, -0.05) is 68.7 Å². The van der Waals surface area contributed by atoms with Gasteiger partial charge in [0.1, 0.15) is 0 Å². The fourth-order valence-corrected chi connectivity index (χ4v) is 2.85. The van der Waals surface area contributed by atoms with Crippen molar-refractivity contribution in [3.05, 3.63) is 34.9 Å². The van der Waals surface area contributed by atoms with Crippen LogP contribution in [0.25, 0.3) is 0 Å². The van der Waals surface area contributed by atoms with E-state index < -0.39 is 0 Å². The van der Waals surface area contributed by atoms with Crippen molar-refractivity contribution in [1.82, 2.24) is 0 Å². The lowest BCUT2D eigenvalue weighted by molar-refractivity contribution is 0.587. The first-order valence-corrected chi connectivity index (χ1v) is 7.71. The van der Waals surface area contributed by atoms with Crippen molar-refractivity contribution in [2.75, 3.05) is 5.33 Å². The molecule has 1 rings (SSSR count). The lowest BCUT2D eigenvalue weighted by Gasteiger charge is -2.23. The first kappa shape index (κ1) is 14.8. The third-order valence-electron chi connectivity index (χ3n) is 3.47.